The topological polar surface area (TPSA) is 46.5 Å². The zero-order valence-electron chi connectivity index (χ0n) is 24.9. The summed E-state index contributed by atoms with van der Waals surface area (Å²) < 4.78 is 5.15. The molecule has 1 N–H and O–H groups in total. The number of aryl methyl sites for hydroxylation is 1. The van der Waals surface area contributed by atoms with Gasteiger partial charge in [-0.2, -0.15) is 0 Å². The minimum atomic E-state index is -0.494. The van der Waals surface area contributed by atoms with E-state index in [1.807, 2.05) is 0 Å². The van der Waals surface area contributed by atoms with Gasteiger partial charge in [0.1, 0.15) is 0 Å². The Labute approximate surface area is 239 Å². The van der Waals surface area contributed by atoms with E-state index in [1.165, 1.54) is 114 Å². The van der Waals surface area contributed by atoms with Gasteiger partial charge in [0.25, 0.3) is 0 Å². The van der Waals surface area contributed by atoms with Gasteiger partial charge in [-0.15, -0.1) is 0 Å². The van der Waals surface area contributed by atoms with Gasteiger partial charge >= 0.3 is 5.97 Å². The van der Waals surface area contributed by atoms with E-state index in [0.717, 1.165) is 48.3 Å². The van der Waals surface area contributed by atoms with E-state index in [9.17, 15) is 4.79 Å². The molecular formula is C36H56O3. The number of unbranched alkanes of at least 4 members (excludes halogenated alkanes) is 2. The second-order valence-corrected chi connectivity index (χ2v) is 13.3. The predicted molar refractivity (Wildman–Crippen MR) is 162 cm³/mol. The standard InChI is InChI=1S/C36H56O3/c1-3-4-5-7-28-9-13-30(14-10-28)32-17-21-34(22-18-32)35-23-19-33(20-24-35)31-15-11-29(12-16-31)8-6-25-39-36(38)27(2)26-37/h11-12,15-16,28,30,32-35,37H,2-10,13-14,17-26H2,1H3. The first kappa shape index (κ1) is 30.4. The molecule has 0 atom stereocenters. The van der Waals surface area contributed by atoms with Crippen molar-refractivity contribution < 1.29 is 14.6 Å². The first-order valence-electron chi connectivity index (χ1n) is 16.6. The zero-order valence-corrected chi connectivity index (χ0v) is 24.9. The number of ether oxygens (including phenoxy) is 1. The van der Waals surface area contributed by atoms with Crippen LogP contribution in [0, 0.1) is 29.6 Å². The lowest BCUT2D eigenvalue weighted by Crippen LogP contribution is -2.29. The smallest absolute Gasteiger partial charge is 0.335 e. The van der Waals surface area contributed by atoms with E-state index < -0.39 is 5.97 Å². The number of esters is 1. The van der Waals surface area contributed by atoms with Crippen molar-refractivity contribution in [3.05, 3.63) is 47.5 Å². The van der Waals surface area contributed by atoms with Gasteiger partial charge in [0.15, 0.2) is 0 Å². The van der Waals surface area contributed by atoms with Crippen LogP contribution in [0.3, 0.4) is 0 Å². The molecule has 0 radical (unpaired) electrons. The normalized spacial score (nSPS) is 29.6. The molecule has 3 nitrogen and oxygen atoms in total. The highest BCUT2D eigenvalue weighted by Gasteiger charge is 2.34. The number of carbonyl (C=O) groups is 1. The zero-order chi connectivity index (χ0) is 27.5. The maximum absolute atomic E-state index is 11.6. The summed E-state index contributed by atoms with van der Waals surface area (Å²) >= 11 is 0. The monoisotopic (exact) mass is 536 g/mol. The van der Waals surface area contributed by atoms with Crippen LogP contribution in [0.4, 0.5) is 0 Å². The number of aliphatic hydroxyl groups excluding tert-OH is 1. The highest BCUT2D eigenvalue weighted by molar-refractivity contribution is 5.87. The van der Waals surface area contributed by atoms with Crippen molar-refractivity contribution in [1.82, 2.24) is 0 Å². The molecule has 0 aliphatic heterocycles. The van der Waals surface area contributed by atoms with Crippen molar-refractivity contribution in [1.29, 1.82) is 0 Å². The van der Waals surface area contributed by atoms with Crippen LogP contribution in [0.2, 0.25) is 0 Å². The number of hydrogen-bond donors (Lipinski definition) is 1. The molecule has 1 aromatic rings. The Morgan fingerprint density at radius 2 is 1.33 bits per heavy atom. The summed E-state index contributed by atoms with van der Waals surface area (Å²) in [6, 6.07) is 9.19. The number of benzene rings is 1. The van der Waals surface area contributed by atoms with E-state index in [1.54, 1.807) is 0 Å². The summed E-state index contributed by atoms with van der Waals surface area (Å²) in [6.45, 7) is 5.85. The van der Waals surface area contributed by atoms with Crippen LogP contribution in [0.25, 0.3) is 0 Å². The van der Waals surface area contributed by atoms with Gasteiger partial charge in [0.2, 0.25) is 0 Å². The highest BCUT2D eigenvalue weighted by Crippen LogP contribution is 2.47. The maximum atomic E-state index is 11.6. The molecular weight excluding hydrogens is 480 g/mol. The molecule has 3 fully saturated rings. The lowest BCUT2D eigenvalue weighted by Gasteiger charge is -2.41. The molecule has 0 bridgehead atoms. The third-order valence-corrected chi connectivity index (χ3v) is 10.8. The third kappa shape index (κ3) is 9.20. The predicted octanol–water partition coefficient (Wildman–Crippen LogP) is 9.18. The third-order valence-electron chi connectivity index (χ3n) is 10.8. The first-order valence-corrected chi connectivity index (χ1v) is 16.6. The largest absolute Gasteiger partial charge is 0.462 e. The van der Waals surface area contributed by atoms with Crippen LogP contribution < -0.4 is 0 Å². The van der Waals surface area contributed by atoms with Crippen molar-refractivity contribution in [3.63, 3.8) is 0 Å². The van der Waals surface area contributed by atoms with Crippen LogP contribution in [-0.4, -0.2) is 24.3 Å². The summed E-state index contributed by atoms with van der Waals surface area (Å²) in [5.74, 6) is 5.34. The molecule has 4 rings (SSSR count). The Morgan fingerprint density at radius 1 is 0.795 bits per heavy atom. The first-order chi connectivity index (χ1) is 19.1. The fourth-order valence-electron chi connectivity index (χ4n) is 8.21. The molecule has 3 aliphatic carbocycles. The molecule has 0 spiro atoms. The molecule has 3 aliphatic rings. The second kappa shape index (κ2) is 16.0. The van der Waals surface area contributed by atoms with Crippen LogP contribution in [0.5, 0.6) is 0 Å². The summed E-state index contributed by atoms with van der Waals surface area (Å²) in [4.78, 5) is 11.6. The SMILES string of the molecule is C=C(CO)C(=O)OCCCc1ccc(C2CCC(C3CCC(C4CCC(CCCCC)CC4)CC3)CC2)cc1. The van der Waals surface area contributed by atoms with Crippen LogP contribution in [0.1, 0.15) is 133 Å². The lowest BCUT2D eigenvalue weighted by atomic mass is 9.64. The van der Waals surface area contributed by atoms with Crippen molar-refractivity contribution >= 4 is 5.97 Å². The Morgan fingerprint density at radius 3 is 1.87 bits per heavy atom. The Balaban J connectivity index is 1.11. The van der Waals surface area contributed by atoms with E-state index in [0.29, 0.717) is 6.61 Å². The molecule has 0 amide bonds. The molecule has 0 heterocycles. The number of carbonyl (C=O) groups excluding carboxylic acids is 1. The van der Waals surface area contributed by atoms with Crippen LogP contribution >= 0.6 is 0 Å². The van der Waals surface area contributed by atoms with Gasteiger partial charge in [-0.05, 0) is 124 Å². The van der Waals surface area contributed by atoms with E-state index >= 15 is 0 Å². The highest BCUT2D eigenvalue weighted by atomic mass is 16.5. The molecule has 3 saturated carbocycles. The molecule has 218 valence electrons. The minimum absolute atomic E-state index is 0.118. The van der Waals surface area contributed by atoms with Gasteiger partial charge < -0.3 is 9.84 Å². The van der Waals surface area contributed by atoms with Crippen molar-refractivity contribution in [2.75, 3.05) is 13.2 Å². The number of rotatable bonds is 13. The van der Waals surface area contributed by atoms with Crippen molar-refractivity contribution in [2.24, 2.45) is 29.6 Å². The van der Waals surface area contributed by atoms with Gasteiger partial charge in [-0.3, -0.25) is 0 Å². The summed E-state index contributed by atoms with van der Waals surface area (Å²) in [6.07, 6.45) is 25.2. The second-order valence-electron chi connectivity index (χ2n) is 13.3. The molecule has 39 heavy (non-hydrogen) atoms. The Hall–Kier alpha value is -1.61. The Kier molecular flexibility index (Phi) is 12.4. The lowest BCUT2D eigenvalue weighted by molar-refractivity contribution is -0.139. The van der Waals surface area contributed by atoms with Crippen molar-refractivity contribution in [3.8, 4) is 0 Å². The number of aliphatic hydroxyl groups is 1. The summed E-state index contributed by atoms with van der Waals surface area (Å²) in [7, 11) is 0. The fourth-order valence-corrected chi connectivity index (χ4v) is 8.21. The van der Waals surface area contributed by atoms with E-state index in [4.69, 9.17) is 9.84 Å². The van der Waals surface area contributed by atoms with Crippen LogP contribution in [0.15, 0.2) is 36.4 Å². The molecule has 3 heteroatoms. The summed E-state index contributed by atoms with van der Waals surface area (Å²) in [5.41, 5.74) is 2.93. The van der Waals surface area contributed by atoms with E-state index in [-0.39, 0.29) is 12.2 Å². The quantitative estimate of drug-likeness (QED) is 0.155. The maximum Gasteiger partial charge on any atom is 0.335 e. The molecule has 1 aromatic carbocycles. The average Bonchev–Trinajstić information content (AvgIpc) is 3.00. The van der Waals surface area contributed by atoms with Gasteiger partial charge in [0, 0.05) is 0 Å². The van der Waals surface area contributed by atoms with Gasteiger partial charge in [-0.25, -0.2) is 4.79 Å². The molecule has 0 unspecified atom stereocenters. The minimum Gasteiger partial charge on any atom is -0.462 e. The average molecular weight is 537 g/mol. The van der Waals surface area contributed by atoms with E-state index in [2.05, 4.69) is 37.8 Å². The number of hydrogen-bond acceptors (Lipinski definition) is 3. The van der Waals surface area contributed by atoms with Crippen molar-refractivity contribution in [2.45, 2.75) is 128 Å². The Bertz CT molecular complexity index is 850. The van der Waals surface area contributed by atoms with Gasteiger partial charge in [-0.1, -0.05) is 76.3 Å². The van der Waals surface area contributed by atoms with Gasteiger partial charge in [0.05, 0.1) is 18.8 Å². The molecule has 0 saturated heterocycles. The summed E-state index contributed by atoms with van der Waals surface area (Å²) in [5, 5.41) is 8.94. The fraction of sp³-hybridized carbons (Fsp3) is 0.750. The molecule has 0 aromatic heterocycles. The van der Waals surface area contributed by atoms with Crippen LogP contribution in [-0.2, 0) is 16.0 Å².